The highest BCUT2D eigenvalue weighted by Gasteiger charge is 2.22. The van der Waals surface area contributed by atoms with Crippen LogP contribution in [-0.2, 0) is 0 Å². The van der Waals surface area contributed by atoms with Crippen molar-refractivity contribution in [3.63, 3.8) is 0 Å². The van der Waals surface area contributed by atoms with E-state index in [1.54, 1.807) is 25.5 Å². The first-order valence-corrected chi connectivity index (χ1v) is 8.71. The molecule has 1 aromatic carbocycles. The molecule has 0 saturated heterocycles. The number of pyridine rings is 1. The Morgan fingerprint density at radius 1 is 1.24 bits per heavy atom. The molecule has 0 spiro atoms. The summed E-state index contributed by atoms with van der Waals surface area (Å²) in [6.07, 6.45) is 7.24. The number of hydrogen-bond donors (Lipinski definition) is 0. The van der Waals surface area contributed by atoms with Gasteiger partial charge in [0.05, 0.1) is 5.71 Å². The van der Waals surface area contributed by atoms with Crippen LogP contribution in [0.2, 0.25) is 5.02 Å². The fourth-order valence-corrected chi connectivity index (χ4v) is 3.16. The Bertz CT molecular complexity index is 961. The smallest absolute Gasteiger partial charge is 0.155 e. The van der Waals surface area contributed by atoms with Gasteiger partial charge in [0.25, 0.3) is 0 Å². The average Bonchev–Trinajstić information content (AvgIpc) is 2.62. The zero-order valence-corrected chi connectivity index (χ0v) is 15.9. The Morgan fingerprint density at radius 3 is 2.72 bits per heavy atom. The largest absolute Gasteiger partial charge is 0.270 e. The number of benzene rings is 1. The van der Waals surface area contributed by atoms with Crippen LogP contribution >= 0.6 is 27.5 Å². The molecule has 126 valence electrons. The molecule has 0 fully saturated rings. The summed E-state index contributed by atoms with van der Waals surface area (Å²) in [7, 11) is 1.66. The lowest BCUT2D eigenvalue weighted by Gasteiger charge is -2.19. The van der Waals surface area contributed by atoms with Crippen molar-refractivity contribution in [2.75, 3.05) is 7.05 Å². The third kappa shape index (κ3) is 3.62. The van der Waals surface area contributed by atoms with E-state index in [9.17, 15) is 4.39 Å². The summed E-state index contributed by atoms with van der Waals surface area (Å²) in [5.41, 5.74) is 3.44. The van der Waals surface area contributed by atoms with Gasteiger partial charge in [0.1, 0.15) is 5.82 Å². The molecule has 0 aliphatic carbocycles. The van der Waals surface area contributed by atoms with Crippen LogP contribution in [-0.4, -0.2) is 23.6 Å². The van der Waals surface area contributed by atoms with E-state index in [1.165, 1.54) is 12.1 Å². The average molecular weight is 419 g/mol. The van der Waals surface area contributed by atoms with E-state index in [4.69, 9.17) is 11.6 Å². The van der Waals surface area contributed by atoms with E-state index < -0.39 is 0 Å². The maximum absolute atomic E-state index is 14.3. The number of amidine groups is 1. The minimum atomic E-state index is -0.384. The molecule has 2 heterocycles. The van der Waals surface area contributed by atoms with Crippen molar-refractivity contribution in [3.8, 4) is 0 Å². The van der Waals surface area contributed by atoms with Crippen LogP contribution in [0.5, 0.6) is 0 Å². The van der Waals surface area contributed by atoms with Gasteiger partial charge in [-0.25, -0.2) is 9.38 Å². The maximum Gasteiger partial charge on any atom is 0.155 e. The van der Waals surface area contributed by atoms with Gasteiger partial charge >= 0.3 is 0 Å². The second-order valence-corrected chi connectivity index (χ2v) is 6.67. The van der Waals surface area contributed by atoms with Gasteiger partial charge < -0.3 is 0 Å². The van der Waals surface area contributed by atoms with Crippen molar-refractivity contribution in [2.45, 2.75) is 6.92 Å². The SMILES string of the molecule is C/C=C1/C(c2cncc(Br)c2)=CC(c2cc(Cl)ccc2F)=NC1=NC. The predicted octanol–water partition coefficient (Wildman–Crippen LogP) is 5.50. The Kier molecular flexibility index (Phi) is 5.25. The van der Waals surface area contributed by atoms with Crippen molar-refractivity contribution >= 4 is 44.7 Å². The summed E-state index contributed by atoms with van der Waals surface area (Å²) >= 11 is 9.47. The highest BCUT2D eigenvalue weighted by Crippen LogP contribution is 2.31. The molecule has 1 aliphatic heterocycles. The molecule has 0 amide bonds. The molecule has 25 heavy (non-hydrogen) atoms. The predicted molar refractivity (Wildman–Crippen MR) is 105 cm³/mol. The highest BCUT2D eigenvalue weighted by atomic mass is 79.9. The first kappa shape index (κ1) is 17.7. The van der Waals surface area contributed by atoms with Crippen LogP contribution in [0.3, 0.4) is 0 Å². The molecular formula is C19H14BrClFN3. The van der Waals surface area contributed by atoms with Crippen molar-refractivity contribution < 1.29 is 4.39 Å². The molecule has 0 unspecified atom stereocenters. The summed E-state index contributed by atoms with van der Waals surface area (Å²) < 4.78 is 15.2. The quantitative estimate of drug-likeness (QED) is 0.635. The molecule has 0 saturated carbocycles. The molecule has 3 rings (SSSR count). The van der Waals surface area contributed by atoms with Crippen LogP contribution in [0, 0.1) is 5.82 Å². The minimum Gasteiger partial charge on any atom is -0.270 e. The molecule has 0 radical (unpaired) electrons. The first-order chi connectivity index (χ1) is 12.0. The number of allylic oxidation sites excluding steroid dienone is 2. The van der Waals surface area contributed by atoms with Gasteiger partial charge in [0.2, 0.25) is 0 Å². The van der Waals surface area contributed by atoms with E-state index in [-0.39, 0.29) is 5.82 Å². The van der Waals surface area contributed by atoms with E-state index in [2.05, 4.69) is 30.9 Å². The lowest BCUT2D eigenvalue weighted by atomic mass is 9.92. The van der Waals surface area contributed by atoms with E-state index in [0.717, 1.165) is 21.2 Å². The van der Waals surface area contributed by atoms with Gasteiger partial charge in [-0.1, -0.05) is 17.7 Å². The normalized spacial score (nSPS) is 17.6. The molecule has 1 aromatic heterocycles. The van der Waals surface area contributed by atoms with Crippen molar-refractivity contribution in [1.82, 2.24) is 4.98 Å². The number of dihydropyridines is 1. The monoisotopic (exact) mass is 417 g/mol. The van der Waals surface area contributed by atoms with E-state index in [1.807, 2.05) is 25.1 Å². The maximum atomic E-state index is 14.3. The standard InChI is InChI=1S/C19H14BrClFN3/c1-3-14-15(11-6-12(20)10-24-9-11)8-18(25-19(14)23-2)16-7-13(21)4-5-17(16)22/h3-10H,1-2H3/b14-3-,23-19?. The van der Waals surface area contributed by atoms with Gasteiger partial charge in [-0.15, -0.1) is 0 Å². The number of rotatable bonds is 2. The van der Waals surface area contributed by atoms with Crippen molar-refractivity contribution in [3.05, 3.63) is 80.8 Å². The number of hydrogen-bond acceptors (Lipinski definition) is 2. The Morgan fingerprint density at radius 2 is 2.04 bits per heavy atom. The summed E-state index contributed by atoms with van der Waals surface area (Å²) in [5.74, 6) is 0.153. The number of aliphatic imine (C=N–C) groups is 2. The van der Waals surface area contributed by atoms with Crippen LogP contribution in [0.15, 0.2) is 68.8 Å². The lowest BCUT2D eigenvalue weighted by molar-refractivity contribution is 0.625. The fraction of sp³-hybridized carbons (Fsp3) is 0.105. The Balaban J connectivity index is 2.23. The van der Waals surface area contributed by atoms with Crippen molar-refractivity contribution in [1.29, 1.82) is 0 Å². The van der Waals surface area contributed by atoms with Gasteiger partial charge in [0, 0.05) is 45.6 Å². The van der Waals surface area contributed by atoms with Crippen LogP contribution < -0.4 is 0 Å². The lowest BCUT2D eigenvalue weighted by Crippen LogP contribution is -2.15. The Hall–Kier alpha value is -2.11. The van der Waals surface area contributed by atoms with E-state index >= 15 is 0 Å². The van der Waals surface area contributed by atoms with E-state index in [0.29, 0.717) is 22.1 Å². The second kappa shape index (κ2) is 7.42. The molecule has 0 N–H and O–H groups in total. The zero-order chi connectivity index (χ0) is 18.0. The minimum absolute atomic E-state index is 0.337. The second-order valence-electron chi connectivity index (χ2n) is 5.32. The number of aromatic nitrogens is 1. The zero-order valence-electron chi connectivity index (χ0n) is 13.6. The Labute approximate surface area is 158 Å². The number of halogens is 3. The summed E-state index contributed by atoms with van der Waals surface area (Å²) in [6.45, 7) is 1.92. The highest BCUT2D eigenvalue weighted by molar-refractivity contribution is 9.10. The molecule has 0 bridgehead atoms. The van der Waals surface area contributed by atoms with Crippen LogP contribution in [0.25, 0.3) is 5.57 Å². The third-order valence-corrected chi connectivity index (χ3v) is 4.43. The summed E-state index contributed by atoms with van der Waals surface area (Å²) in [6, 6.07) is 6.37. The molecular weight excluding hydrogens is 405 g/mol. The van der Waals surface area contributed by atoms with Gasteiger partial charge in [-0.3, -0.25) is 9.98 Å². The molecule has 1 aliphatic rings. The molecule has 6 heteroatoms. The summed E-state index contributed by atoms with van der Waals surface area (Å²) in [5, 5.41) is 0.449. The van der Waals surface area contributed by atoms with Crippen LogP contribution in [0.4, 0.5) is 4.39 Å². The van der Waals surface area contributed by atoms with Gasteiger partial charge in [-0.2, -0.15) is 0 Å². The topological polar surface area (TPSA) is 37.6 Å². The first-order valence-electron chi connectivity index (χ1n) is 7.54. The third-order valence-electron chi connectivity index (χ3n) is 3.76. The van der Waals surface area contributed by atoms with Gasteiger partial charge in [0.15, 0.2) is 5.84 Å². The molecule has 2 aromatic rings. The molecule has 3 nitrogen and oxygen atoms in total. The number of nitrogens with zero attached hydrogens (tertiary/aromatic N) is 3. The molecule has 0 atom stereocenters. The van der Waals surface area contributed by atoms with Gasteiger partial charge in [-0.05, 0) is 58.8 Å². The fourth-order valence-electron chi connectivity index (χ4n) is 2.63. The summed E-state index contributed by atoms with van der Waals surface area (Å²) in [4.78, 5) is 13.0. The van der Waals surface area contributed by atoms with Crippen LogP contribution in [0.1, 0.15) is 18.1 Å². The van der Waals surface area contributed by atoms with Crippen molar-refractivity contribution in [2.24, 2.45) is 9.98 Å².